The molecule has 0 atom stereocenters. The van der Waals surface area contributed by atoms with Gasteiger partial charge in [0.1, 0.15) is 5.60 Å². The van der Waals surface area contributed by atoms with Crippen LogP contribution in [-0.4, -0.2) is 40.3 Å². The van der Waals surface area contributed by atoms with Gasteiger partial charge in [0.25, 0.3) is 5.91 Å². The first kappa shape index (κ1) is 24.8. The first-order valence-electron chi connectivity index (χ1n) is 12.7. The van der Waals surface area contributed by atoms with Crippen LogP contribution in [0.3, 0.4) is 0 Å². The number of rotatable bonds is 4. The van der Waals surface area contributed by atoms with E-state index in [0.717, 1.165) is 35.1 Å². The molecule has 1 fully saturated rings. The Bertz CT molecular complexity index is 1320. The van der Waals surface area contributed by atoms with Crippen molar-refractivity contribution in [2.75, 3.05) is 13.1 Å². The lowest BCUT2D eigenvalue weighted by Gasteiger charge is -2.22. The van der Waals surface area contributed by atoms with Crippen LogP contribution in [0.4, 0.5) is 4.79 Å². The van der Waals surface area contributed by atoms with Crippen molar-refractivity contribution in [2.24, 2.45) is 0 Å². The number of hydrazine groups is 1. The van der Waals surface area contributed by atoms with Gasteiger partial charge in [0.05, 0.1) is 16.8 Å². The number of carbonyl (C=O) groups is 2. The van der Waals surface area contributed by atoms with Crippen molar-refractivity contribution in [1.29, 1.82) is 0 Å². The third-order valence-electron chi connectivity index (χ3n) is 6.74. The third-order valence-corrected chi connectivity index (χ3v) is 7.09. The van der Waals surface area contributed by atoms with Gasteiger partial charge in [-0.15, -0.1) is 0 Å². The lowest BCUT2D eigenvalue weighted by molar-refractivity contribution is 0.0547. The number of carbonyl (C=O) groups excluding carboxylic acids is 2. The van der Waals surface area contributed by atoms with Crippen molar-refractivity contribution in [3.05, 3.63) is 58.1 Å². The Balaban J connectivity index is 1.56. The first-order chi connectivity index (χ1) is 17.2. The monoisotopic (exact) mass is 508 g/mol. The molecule has 2 aliphatic heterocycles. The zero-order valence-corrected chi connectivity index (χ0v) is 21.9. The number of hydrogen-bond donors (Lipinski definition) is 2. The second-order valence-corrected chi connectivity index (χ2v) is 11.0. The molecule has 0 aliphatic carbocycles. The summed E-state index contributed by atoms with van der Waals surface area (Å²) in [5.41, 5.74) is 7.30. The fourth-order valence-electron chi connectivity index (χ4n) is 5.03. The molecule has 1 amide bonds. The van der Waals surface area contributed by atoms with Gasteiger partial charge in [-0.25, -0.2) is 14.4 Å². The summed E-state index contributed by atoms with van der Waals surface area (Å²) in [5, 5.41) is 6.61. The summed E-state index contributed by atoms with van der Waals surface area (Å²) < 4.78 is 7.34. The van der Waals surface area contributed by atoms with Crippen LogP contribution in [0.5, 0.6) is 0 Å². The number of hydrogen-bond acceptors (Lipinski definition) is 5. The van der Waals surface area contributed by atoms with E-state index in [0.29, 0.717) is 34.9 Å². The number of aromatic nitrogens is 1. The molecular weight excluding hydrogens is 476 g/mol. The van der Waals surface area contributed by atoms with E-state index in [-0.39, 0.29) is 5.91 Å². The summed E-state index contributed by atoms with van der Waals surface area (Å²) in [6, 6.07) is 11.6. The lowest BCUT2D eigenvalue weighted by Crippen LogP contribution is -2.38. The van der Waals surface area contributed by atoms with E-state index in [1.54, 1.807) is 10.6 Å². The molecule has 3 aromatic rings. The highest BCUT2D eigenvalue weighted by molar-refractivity contribution is 6.32. The van der Waals surface area contributed by atoms with Gasteiger partial charge in [-0.1, -0.05) is 36.6 Å². The van der Waals surface area contributed by atoms with Crippen molar-refractivity contribution >= 4 is 34.5 Å². The minimum Gasteiger partial charge on any atom is -0.443 e. The number of amides is 1. The third kappa shape index (κ3) is 5.01. The minimum absolute atomic E-state index is 0.189. The maximum absolute atomic E-state index is 13.4. The fraction of sp³-hybridized carbons (Fsp3) is 0.429. The Hall–Kier alpha value is -2.87. The number of nitrogens with one attached hydrogen (secondary N) is 2. The topological polar surface area (TPSA) is 75.6 Å². The molecule has 7 nitrogen and oxygen atoms in total. The Morgan fingerprint density at radius 2 is 1.83 bits per heavy atom. The van der Waals surface area contributed by atoms with Gasteiger partial charge < -0.3 is 10.1 Å². The Kier molecular flexibility index (Phi) is 6.81. The van der Waals surface area contributed by atoms with Crippen molar-refractivity contribution < 1.29 is 14.3 Å². The van der Waals surface area contributed by atoms with E-state index in [1.165, 1.54) is 25.7 Å². The van der Waals surface area contributed by atoms with Crippen LogP contribution in [0.15, 0.2) is 36.4 Å². The van der Waals surface area contributed by atoms with Gasteiger partial charge in [-0.3, -0.25) is 10.2 Å². The highest BCUT2D eigenvalue weighted by Crippen LogP contribution is 2.37. The summed E-state index contributed by atoms with van der Waals surface area (Å²) in [4.78, 5) is 26.2. The second-order valence-electron chi connectivity index (χ2n) is 10.6. The van der Waals surface area contributed by atoms with Crippen LogP contribution in [0.1, 0.15) is 67.9 Å². The molecule has 2 aromatic carbocycles. The molecule has 0 saturated carbocycles. The van der Waals surface area contributed by atoms with E-state index in [4.69, 9.17) is 16.3 Å². The molecule has 0 spiro atoms. The molecule has 5 rings (SSSR count). The molecule has 1 saturated heterocycles. The van der Waals surface area contributed by atoms with Gasteiger partial charge in [0.15, 0.2) is 0 Å². The van der Waals surface area contributed by atoms with E-state index < -0.39 is 11.7 Å². The van der Waals surface area contributed by atoms with Crippen LogP contribution >= 0.6 is 11.6 Å². The van der Waals surface area contributed by atoms with E-state index in [9.17, 15) is 9.59 Å². The van der Waals surface area contributed by atoms with Crippen molar-refractivity contribution in [3.8, 4) is 11.3 Å². The van der Waals surface area contributed by atoms with Crippen LogP contribution in [0.25, 0.3) is 22.2 Å². The van der Waals surface area contributed by atoms with Crippen molar-refractivity contribution in [1.82, 2.24) is 20.3 Å². The van der Waals surface area contributed by atoms with E-state index in [2.05, 4.69) is 21.8 Å². The lowest BCUT2D eigenvalue weighted by atomic mass is 10.00. The minimum atomic E-state index is -0.665. The fourth-order valence-corrected chi connectivity index (χ4v) is 5.26. The molecular formula is C28H33ClN4O3. The zero-order valence-electron chi connectivity index (χ0n) is 21.1. The number of halogens is 1. The van der Waals surface area contributed by atoms with Crippen LogP contribution in [0.2, 0.25) is 5.02 Å². The highest BCUT2D eigenvalue weighted by atomic mass is 35.5. The van der Waals surface area contributed by atoms with Crippen molar-refractivity contribution in [2.45, 2.75) is 65.1 Å². The standard InChI is InChI=1S/C28H33ClN4O3/c1-28(2,3)36-27(35)33-23-11-8-18(16-31-32-12-6-4-5-7-13-32)14-19(23)15-24(33)20-9-10-22(29)21-17-30-26(34)25(20)21/h8-11,14-15,31H,4-7,12-13,16-17H2,1-3H3,(H,30,34). The largest absolute Gasteiger partial charge is 0.443 e. The smallest absolute Gasteiger partial charge is 0.419 e. The number of fused-ring (bicyclic) bond motifs is 2. The number of nitrogens with zero attached hydrogens (tertiary/aromatic N) is 2. The van der Waals surface area contributed by atoms with Crippen LogP contribution < -0.4 is 10.7 Å². The SMILES string of the molecule is CC(C)(C)OC(=O)n1c(-c2ccc(Cl)c3c2C(=O)NC3)cc2cc(CNN3CCCCCC3)ccc21. The Labute approximate surface area is 216 Å². The summed E-state index contributed by atoms with van der Waals surface area (Å²) >= 11 is 6.39. The molecule has 3 heterocycles. The molecule has 0 unspecified atom stereocenters. The highest BCUT2D eigenvalue weighted by Gasteiger charge is 2.29. The maximum atomic E-state index is 13.4. The summed E-state index contributed by atoms with van der Waals surface area (Å²) in [6.45, 7) is 8.74. The van der Waals surface area contributed by atoms with E-state index >= 15 is 0 Å². The maximum Gasteiger partial charge on any atom is 0.419 e. The van der Waals surface area contributed by atoms with Crippen LogP contribution in [0, 0.1) is 0 Å². The zero-order chi connectivity index (χ0) is 25.4. The van der Waals surface area contributed by atoms with Gasteiger partial charge in [-0.2, -0.15) is 0 Å². The molecule has 1 aromatic heterocycles. The van der Waals surface area contributed by atoms with Gasteiger partial charge in [0.2, 0.25) is 0 Å². The molecule has 0 radical (unpaired) electrons. The predicted molar refractivity (Wildman–Crippen MR) is 142 cm³/mol. The van der Waals surface area contributed by atoms with Gasteiger partial charge in [-0.05, 0) is 63.4 Å². The second kappa shape index (κ2) is 9.88. The predicted octanol–water partition coefficient (Wildman–Crippen LogP) is 5.87. The molecule has 36 heavy (non-hydrogen) atoms. The van der Waals surface area contributed by atoms with Crippen LogP contribution in [-0.2, 0) is 17.8 Å². The number of ether oxygens (including phenoxy) is 1. The molecule has 8 heteroatoms. The quantitative estimate of drug-likeness (QED) is 0.461. The van der Waals surface area contributed by atoms with Gasteiger partial charge >= 0.3 is 6.09 Å². The summed E-state index contributed by atoms with van der Waals surface area (Å²) in [6.07, 6.45) is 4.53. The van der Waals surface area contributed by atoms with Crippen molar-refractivity contribution in [3.63, 3.8) is 0 Å². The number of benzene rings is 2. The van der Waals surface area contributed by atoms with Gasteiger partial charge in [0, 0.05) is 47.7 Å². The Morgan fingerprint density at radius 3 is 2.56 bits per heavy atom. The normalized spacial score (nSPS) is 16.6. The first-order valence-corrected chi connectivity index (χ1v) is 13.1. The molecule has 2 N–H and O–H groups in total. The summed E-state index contributed by atoms with van der Waals surface area (Å²) in [7, 11) is 0. The summed E-state index contributed by atoms with van der Waals surface area (Å²) in [5.74, 6) is -0.189. The molecule has 190 valence electrons. The average molecular weight is 509 g/mol. The molecule has 0 bridgehead atoms. The molecule has 2 aliphatic rings. The average Bonchev–Trinajstić information content (AvgIpc) is 3.28. The Morgan fingerprint density at radius 1 is 1.08 bits per heavy atom. The van der Waals surface area contributed by atoms with E-state index in [1.807, 2.05) is 45.0 Å².